The van der Waals surface area contributed by atoms with Crippen molar-refractivity contribution in [1.29, 1.82) is 0 Å². The van der Waals surface area contributed by atoms with Gasteiger partial charge in [0, 0.05) is 11.1 Å². The van der Waals surface area contributed by atoms with E-state index >= 15 is 0 Å². The van der Waals surface area contributed by atoms with Gasteiger partial charge in [0.05, 0.1) is 12.6 Å². The Kier molecular flexibility index (Phi) is 3.98. The van der Waals surface area contributed by atoms with Crippen molar-refractivity contribution >= 4 is 22.5 Å². The van der Waals surface area contributed by atoms with Gasteiger partial charge in [-0.15, -0.1) is 0 Å². The Balaban J connectivity index is 1.92. The summed E-state index contributed by atoms with van der Waals surface area (Å²) in [6, 6.07) is 15.1. The molecule has 23 heavy (non-hydrogen) atoms. The van der Waals surface area contributed by atoms with Crippen LogP contribution in [0.1, 0.15) is 21.6 Å². The van der Waals surface area contributed by atoms with E-state index in [1.54, 1.807) is 13.2 Å². The second kappa shape index (κ2) is 6.08. The van der Waals surface area contributed by atoms with Crippen molar-refractivity contribution in [2.75, 3.05) is 12.4 Å². The molecule has 0 saturated carbocycles. The predicted molar refractivity (Wildman–Crippen MR) is 92.2 cm³/mol. The number of ether oxygens (including phenoxy) is 1. The maximum atomic E-state index is 12.5. The summed E-state index contributed by atoms with van der Waals surface area (Å²) in [7, 11) is 1.63. The molecule has 1 aromatic heterocycles. The fourth-order valence-corrected chi connectivity index (χ4v) is 2.55. The number of anilines is 1. The summed E-state index contributed by atoms with van der Waals surface area (Å²) in [5.74, 6) is 0.562. The number of nitrogens with zero attached hydrogens (tertiary/aromatic N) is 1. The van der Waals surface area contributed by atoms with Gasteiger partial charge in [0.25, 0.3) is 5.91 Å². The maximum absolute atomic E-state index is 12.5. The number of aromatic nitrogens is 1. The highest BCUT2D eigenvalue weighted by molar-refractivity contribution is 6.04. The Morgan fingerprint density at radius 3 is 2.48 bits per heavy atom. The highest BCUT2D eigenvalue weighted by Gasteiger charge is 2.11. The van der Waals surface area contributed by atoms with Gasteiger partial charge in [0.15, 0.2) is 0 Å². The molecule has 0 fully saturated rings. The van der Waals surface area contributed by atoms with Gasteiger partial charge in [-0.2, -0.15) is 0 Å². The average molecular weight is 306 g/mol. The van der Waals surface area contributed by atoms with Crippen molar-refractivity contribution in [2.45, 2.75) is 13.8 Å². The molecule has 0 aliphatic rings. The number of carbonyl (C=O) groups excluding carboxylic acids is 1. The second-order valence-electron chi connectivity index (χ2n) is 5.48. The molecule has 4 heteroatoms. The molecule has 116 valence electrons. The van der Waals surface area contributed by atoms with Gasteiger partial charge in [-0.05, 0) is 49.2 Å². The van der Waals surface area contributed by atoms with Crippen LogP contribution in [0.5, 0.6) is 5.75 Å². The number of nitrogens with one attached hydrogen (secondary N) is 1. The molecule has 1 heterocycles. The molecule has 0 aliphatic carbocycles. The molecular weight excluding hydrogens is 288 g/mol. The first-order chi connectivity index (χ1) is 11.1. The molecule has 1 amide bonds. The fraction of sp³-hybridized carbons (Fsp3) is 0.158. The van der Waals surface area contributed by atoms with Gasteiger partial charge < -0.3 is 10.1 Å². The van der Waals surface area contributed by atoms with E-state index in [-0.39, 0.29) is 5.91 Å². The second-order valence-corrected chi connectivity index (χ2v) is 5.48. The number of para-hydroxylation sites is 1. The van der Waals surface area contributed by atoms with E-state index in [2.05, 4.69) is 10.3 Å². The molecule has 0 bridgehead atoms. The first kappa shape index (κ1) is 15.0. The van der Waals surface area contributed by atoms with Gasteiger partial charge in [0.1, 0.15) is 11.4 Å². The number of fused-ring (bicyclic) bond motifs is 1. The van der Waals surface area contributed by atoms with Gasteiger partial charge >= 0.3 is 0 Å². The molecule has 0 saturated heterocycles. The summed E-state index contributed by atoms with van der Waals surface area (Å²) in [6.07, 6.45) is 0. The van der Waals surface area contributed by atoms with Crippen molar-refractivity contribution in [3.05, 3.63) is 65.4 Å². The largest absolute Gasteiger partial charge is 0.497 e. The fourth-order valence-electron chi connectivity index (χ4n) is 2.55. The van der Waals surface area contributed by atoms with Crippen molar-refractivity contribution in [2.24, 2.45) is 0 Å². The van der Waals surface area contributed by atoms with E-state index in [0.29, 0.717) is 5.69 Å². The van der Waals surface area contributed by atoms with E-state index < -0.39 is 0 Å². The lowest BCUT2D eigenvalue weighted by atomic mass is 10.1. The van der Waals surface area contributed by atoms with E-state index in [1.807, 2.05) is 56.3 Å². The van der Waals surface area contributed by atoms with Gasteiger partial charge in [-0.25, -0.2) is 4.98 Å². The van der Waals surface area contributed by atoms with E-state index in [0.717, 1.165) is 33.5 Å². The Labute approximate surface area is 135 Å². The smallest absolute Gasteiger partial charge is 0.274 e. The summed E-state index contributed by atoms with van der Waals surface area (Å²) in [5.41, 5.74) is 4.06. The van der Waals surface area contributed by atoms with Crippen molar-refractivity contribution in [3.8, 4) is 5.75 Å². The number of methoxy groups -OCH3 is 1. The summed E-state index contributed by atoms with van der Waals surface area (Å²) in [5, 5.41) is 3.89. The van der Waals surface area contributed by atoms with Crippen LogP contribution in [0.25, 0.3) is 10.9 Å². The van der Waals surface area contributed by atoms with Crippen LogP contribution in [-0.4, -0.2) is 18.0 Å². The summed E-state index contributed by atoms with van der Waals surface area (Å²) < 4.78 is 5.20. The normalized spacial score (nSPS) is 10.6. The summed E-state index contributed by atoms with van der Waals surface area (Å²) in [4.78, 5) is 16.9. The third-order valence-electron chi connectivity index (χ3n) is 3.85. The molecule has 0 atom stereocenters. The van der Waals surface area contributed by atoms with E-state index in [4.69, 9.17) is 4.74 Å². The minimum atomic E-state index is -0.208. The van der Waals surface area contributed by atoms with Crippen LogP contribution in [0.2, 0.25) is 0 Å². The molecular formula is C19H18N2O2. The van der Waals surface area contributed by atoms with Crippen LogP contribution in [0, 0.1) is 13.8 Å². The Hall–Kier alpha value is -2.88. The van der Waals surface area contributed by atoms with Crippen LogP contribution < -0.4 is 10.1 Å². The van der Waals surface area contributed by atoms with Gasteiger partial charge in [-0.3, -0.25) is 4.79 Å². The zero-order valence-corrected chi connectivity index (χ0v) is 13.4. The van der Waals surface area contributed by atoms with Crippen molar-refractivity contribution < 1.29 is 9.53 Å². The zero-order valence-electron chi connectivity index (χ0n) is 13.4. The molecule has 0 radical (unpaired) electrons. The van der Waals surface area contributed by atoms with Crippen LogP contribution in [0.4, 0.5) is 5.69 Å². The summed E-state index contributed by atoms with van der Waals surface area (Å²) in [6.45, 7) is 3.95. The number of aryl methyl sites for hydroxylation is 2. The molecule has 3 rings (SSSR count). The number of rotatable bonds is 3. The van der Waals surface area contributed by atoms with Gasteiger partial charge in [-0.1, -0.05) is 24.3 Å². The SMILES string of the molecule is COc1ccc2nc(C(=O)Nc3c(C)cccc3C)ccc2c1. The van der Waals surface area contributed by atoms with E-state index in [1.165, 1.54) is 0 Å². The number of benzene rings is 2. The number of hydrogen-bond donors (Lipinski definition) is 1. The molecule has 0 spiro atoms. The van der Waals surface area contributed by atoms with Gasteiger partial charge in [0.2, 0.25) is 0 Å². The number of hydrogen-bond acceptors (Lipinski definition) is 3. The Morgan fingerprint density at radius 1 is 1.04 bits per heavy atom. The highest BCUT2D eigenvalue weighted by atomic mass is 16.5. The molecule has 2 aromatic carbocycles. The standard InChI is InChI=1S/C19H18N2O2/c1-12-5-4-6-13(2)18(12)21-19(22)17-9-7-14-11-15(23-3)8-10-16(14)20-17/h4-11H,1-3H3,(H,21,22). The highest BCUT2D eigenvalue weighted by Crippen LogP contribution is 2.22. The quantitative estimate of drug-likeness (QED) is 0.792. The number of amides is 1. The lowest BCUT2D eigenvalue weighted by molar-refractivity contribution is 0.102. The number of carbonyl (C=O) groups is 1. The first-order valence-electron chi connectivity index (χ1n) is 7.41. The lowest BCUT2D eigenvalue weighted by Crippen LogP contribution is -2.15. The lowest BCUT2D eigenvalue weighted by Gasteiger charge is -2.11. The van der Waals surface area contributed by atoms with Crippen LogP contribution in [-0.2, 0) is 0 Å². The third kappa shape index (κ3) is 3.01. The zero-order chi connectivity index (χ0) is 16.4. The third-order valence-corrected chi connectivity index (χ3v) is 3.85. The topological polar surface area (TPSA) is 51.2 Å². The minimum absolute atomic E-state index is 0.208. The van der Waals surface area contributed by atoms with Crippen LogP contribution in [0.15, 0.2) is 48.5 Å². The molecule has 0 unspecified atom stereocenters. The van der Waals surface area contributed by atoms with Crippen LogP contribution >= 0.6 is 0 Å². The summed E-state index contributed by atoms with van der Waals surface area (Å²) >= 11 is 0. The molecule has 3 aromatic rings. The Morgan fingerprint density at radius 2 is 1.78 bits per heavy atom. The molecule has 0 aliphatic heterocycles. The average Bonchev–Trinajstić information content (AvgIpc) is 2.57. The van der Waals surface area contributed by atoms with Crippen LogP contribution in [0.3, 0.4) is 0 Å². The van der Waals surface area contributed by atoms with Crippen molar-refractivity contribution in [1.82, 2.24) is 4.98 Å². The minimum Gasteiger partial charge on any atom is -0.497 e. The Bertz CT molecular complexity index is 867. The monoisotopic (exact) mass is 306 g/mol. The number of pyridine rings is 1. The molecule has 1 N–H and O–H groups in total. The van der Waals surface area contributed by atoms with Crippen molar-refractivity contribution in [3.63, 3.8) is 0 Å². The predicted octanol–water partition coefficient (Wildman–Crippen LogP) is 4.11. The first-order valence-corrected chi connectivity index (χ1v) is 7.41. The maximum Gasteiger partial charge on any atom is 0.274 e. The van der Waals surface area contributed by atoms with E-state index in [9.17, 15) is 4.79 Å². The molecule has 4 nitrogen and oxygen atoms in total.